The number of aromatic hydroxyl groups is 1. The fourth-order valence-corrected chi connectivity index (χ4v) is 10.5. The molecular weight excluding hydrogens is 1080 g/mol. The summed E-state index contributed by atoms with van der Waals surface area (Å²) < 4.78 is 17.7. The second-order valence-electron chi connectivity index (χ2n) is 21.6. The number of hydrogen-bond donors (Lipinski definition) is 7. The Morgan fingerprint density at radius 3 is 2.12 bits per heavy atom. The highest BCUT2D eigenvalue weighted by Crippen LogP contribution is 2.40. The Morgan fingerprint density at radius 2 is 1.55 bits per heavy atom. The van der Waals surface area contributed by atoms with E-state index in [0.29, 0.717) is 54.0 Å². The van der Waals surface area contributed by atoms with E-state index in [9.17, 15) is 44.7 Å². The number of aliphatic hydroxyl groups is 4. The maximum atomic E-state index is 13.9. The molecule has 9 atom stereocenters. The molecule has 3 heterocycles. The van der Waals surface area contributed by atoms with Gasteiger partial charge in [0, 0.05) is 124 Å². The monoisotopic (exact) mass is 1160 g/mol. The molecule has 3 aliphatic rings. The predicted octanol–water partition coefficient (Wildman–Crippen LogP) is 5.05. The number of hydrogen-bond acceptors (Lipinski definition) is 16. The summed E-state index contributed by atoms with van der Waals surface area (Å²) in [6.45, 7) is 24.8. The molecule has 0 radical (unpaired) electrons. The fourth-order valence-electron chi connectivity index (χ4n) is 9.91. The number of halogens is 1. The summed E-state index contributed by atoms with van der Waals surface area (Å²) in [7, 11) is 1.46. The van der Waals surface area contributed by atoms with E-state index in [1.165, 1.54) is 47.1 Å². The van der Waals surface area contributed by atoms with Gasteiger partial charge in [-0.1, -0.05) is 100 Å². The average molecular weight is 1160 g/mol. The van der Waals surface area contributed by atoms with Gasteiger partial charge in [0.25, 0.3) is 5.91 Å². The van der Waals surface area contributed by atoms with Crippen molar-refractivity contribution in [1.29, 1.82) is 0 Å². The number of anilines is 3. The number of methoxy groups -OCH3 is 1. The number of aliphatic hydroxyl groups excluding tert-OH is 2. The van der Waals surface area contributed by atoms with Crippen LogP contribution >= 0.6 is 22.6 Å². The highest BCUT2D eigenvalue weighted by atomic mass is 127. The van der Waals surface area contributed by atoms with Crippen molar-refractivity contribution in [3.63, 3.8) is 0 Å². The third-order valence-corrected chi connectivity index (χ3v) is 14.9. The standard InChI is InChI=1S/C56H81IN6O12/c1-33(17-16-18-34(2)53(70)58-47-46-45(37(5)44(50(47)68)52(69)54(8,9)71)59-56(60-46)22-24-61(25-23-56)32-35(3)57)48(66)38(6)49(67)39(7)51(36(4)41(73-12)21-30-74-55(10,11)72)75-43(65)31-42(64)63-28-26-62(27-29-63)40-19-14-13-15-20-40/h13-21,30,33,35-36,38-39,41,48-49,51,60,66-68,71-72H,5,22-29,31-32H2,1-4,6-12H3,(H,58,70)/b17-16+,30-21+,34-18-/t33-,35?,36+,38+,39+,41-,48-,49+,51+/m0/s1. The molecule has 3 aliphatic heterocycles. The van der Waals surface area contributed by atoms with Crippen molar-refractivity contribution in [2.24, 2.45) is 28.7 Å². The predicted molar refractivity (Wildman–Crippen MR) is 298 cm³/mol. The van der Waals surface area contributed by atoms with E-state index in [1.807, 2.05) is 30.3 Å². The number of phenols is 1. The molecule has 19 heteroatoms. The van der Waals surface area contributed by atoms with Gasteiger partial charge >= 0.3 is 5.97 Å². The molecule has 7 N–H and O–H groups in total. The van der Waals surface area contributed by atoms with Crippen LogP contribution in [-0.4, -0.2) is 157 Å². The van der Waals surface area contributed by atoms with Gasteiger partial charge in [-0.3, -0.25) is 24.2 Å². The quantitative estimate of drug-likeness (QED) is 0.00736. The minimum atomic E-state index is -1.87. The Balaban J connectivity index is 1.29. The van der Waals surface area contributed by atoms with Gasteiger partial charge in [0.05, 0.1) is 41.2 Å². The SMILES string of the molecule is C=c1c(C(=O)C(C)(C)O)c(O)c(NC(=O)/C(C)=C\C=C\[C@H](C)[C@H](O)[C@@H](C)[C@@H](O)[C@@H](C)[C@H](OC(=O)CC(=O)N2CCN(c3ccccc3)CC2)[C@H](C)[C@H](/C=C/OC(C)(C)O)OC)c2c1=NC1(CCN(CC(C)I)CC1)N2. The van der Waals surface area contributed by atoms with E-state index in [1.54, 1.807) is 57.7 Å². The number of carbonyl (C=O) groups excluding carboxylic acids is 4. The zero-order chi connectivity index (χ0) is 55.7. The number of piperazine rings is 1. The number of alkyl halides is 1. The minimum absolute atomic E-state index is 0.0610. The van der Waals surface area contributed by atoms with Crippen molar-refractivity contribution in [3.8, 4) is 5.75 Å². The van der Waals surface area contributed by atoms with Gasteiger partial charge in [0.1, 0.15) is 29.5 Å². The van der Waals surface area contributed by atoms with Crippen LogP contribution in [0.25, 0.3) is 6.58 Å². The molecule has 18 nitrogen and oxygen atoms in total. The van der Waals surface area contributed by atoms with Crippen LogP contribution < -0.4 is 26.1 Å². The van der Waals surface area contributed by atoms with Crippen LogP contribution in [0, 0.1) is 23.7 Å². The van der Waals surface area contributed by atoms with Crippen molar-refractivity contribution in [2.45, 2.75) is 134 Å². The first-order valence-corrected chi connectivity index (χ1v) is 27.1. The van der Waals surface area contributed by atoms with E-state index in [-0.39, 0.29) is 27.9 Å². The highest BCUT2D eigenvalue weighted by Gasteiger charge is 2.43. The van der Waals surface area contributed by atoms with Crippen LogP contribution in [0.1, 0.15) is 98.9 Å². The summed E-state index contributed by atoms with van der Waals surface area (Å²) in [5.41, 5.74) is -1.33. The van der Waals surface area contributed by atoms with Crippen molar-refractivity contribution in [3.05, 3.63) is 82.6 Å². The molecule has 2 aromatic carbocycles. The number of allylic oxidation sites excluding steroid dienone is 2. The second-order valence-corrected chi connectivity index (χ2v) is 23.7. The van der Waals surface area contributed by atoms with E-state index in [4.69, 9.17) is 19.2 Å². The average Bonchev–Trinajstić information content (AvgIpc) is 3.73. The number of para-hydroxylation sites is 1. The number of piperidine rings is 1. The molecule has 0 aliphatic carbocycles. The molecule has 2 saturated heterocycles. The lowest BCUT2D eigenvalue weighted by Gasteiger charge is -2.38. The maximum Gasteiger partial charge on any atom is 0.315 e. The third kappa shape index (κ3) is 15.9. The molecule has 2 fully saturated rings. The summed E-state index contributed by atoms with van der Waals surface area (Å²) >= 11 is 2.40. The number of likely N-dealkylation sites (tertiary alicyclic amines) is 1. The Labute approximate surface area is 455 Å². The number of esters is 1. The van der Waals surface area contributed by atoms with E-state index in [2.05, 4.69) is 56.5 Å². The van der Waals surface area contributed by atoms with E-state index >= 15 is 0 Å². The van der Waals surface area contributed by atoms with Gasteiger partial charge in [-0.05, 0) is 39.0 Å². The molecule has 5 rings (SSSR count). The molecule has 0 saturated carbocycles. The number of rotatable bonds is 23. The van der Waals surface area contributed by atoms with Crippen molar-refractivity contribution in [1.82, 2.24) is 9.80 Å². The van der Waals surface area contributed by atoms with Gasteiger partial charge in [-0.15, -0.1) is 0 Å². The van der Waals surface area contributed by atoms with Crippen LogP contribution in [0.4, 0.5) is 17.1 Å². The van der Waals surface area contributed by atoms with Crippen LogP contribution in [0.5, 0.6) is 5.75 Å². The van der Waals surface area contributed by atoms with Gasteiger partial charge in [-0.25, -0.2) is 0 Å². The minimum Gasteiger partial charge on any atom is -0.505 e. The Bertz CT molecular complexity index is 2530. The Morgan fingerprint density at radius 1 is 0.920 bits per heavy atom. The number of ketones is 1. The fraction of sp³-hybridized carbons (Fsp3) is 0.589. The topological polar surface area (TPSA) is 243 Å². The van der Waals surface area contributed by atoms with E-state index < -0.39 is 95.0 Å². The van der Waals surface area contributed by atoms with E-state index in [0.717, 1.165) is 25.3 Å². The zero-order valence-electron chi connectivity index (χ0n) is 45.5. The van der Waals surface area contributed by atoms with Crippen molar-refractivity contribution in [2.75, 3.05) is 68.5 Å². The highest BCUT2D eigenvalue weighted by molar-refractivity contribution is 14.1. The van der Waals surface area contributed by atoms with Crippen molar-refractivity contribution >= 4 is 69.8 Å². The summed E-state index contributed by atoms with van der Waals surface area (Å²) in [5.74, 6) is -7.34. The number of nitrogens with one attached hydrogen (secondary N) is 2. The van der Waals surface area contributed by atoms with Crippen LogP contribution in [0.2, 0.25) is 0 Å². The number of fused-ring (bicyclic) bond motifs is 1. The summed E-state index contributed by atoms with van der Waals surface area (Å²) in [5, 5.41) is 62.8. The third-order valence-electron chi connectivity index (χ3n) is 14.5. The lowest BCUT2D eigenvalue weighted by Crippen LogP contribution is -2.50. The first-order chi connectivity index (χ1) is 35.1. The van der Waals surface area contributed by atoms with Crippen molar-refractivity contribution < 1.29 is 58.9 Å². The Kier molecular flexibility index (Phi) is 21.1. The zero-order valence-corrected chi connectivity index (χ0v) is 47.7. The summed E-state index contributed by atoms with van der Waals surface area (Å²) in [6.07, 6.45) is 4.27. The van der Waals surface area contributed by atoms with Crippen LogP contribution in [0.3, 0.4) is 0 Å². The molecular formula is C56H81IN6O12. The maximum absolute atomic E-state index is 13.9. The van der Waals surface area contributed by atoms with Crippen LogP contribution in [-0.2, 0) is 28.6 Å². The van der Waals surface area contributed by atoms with Gasteiger partial charge in [0.2, 0.25) is 11.7 Å². The van der Waals surface area contributed by atoms with Gasteiger partial charge in [-0.2, -0.15) is 0 Å². The number of carbonyl (C=O) groups is 4. The molecule has 0 bridgehead atoms. The van der Waals surface area contributed by atoms with Crippen LogP contribution in [0.15, 0.2) is 71.5 Å². The smallest absolute Gasteiger partial charge is 0.315 e. The van der Waals surface area contributed by atoms with Gasteiger partial charge in [0.15, 0.2) is 11.5 Å². The lowest BCUT2D eigenvalue weighted by molar-refractivity contribution is -0.165. The first kappa shape index (κ1) is 61.0. The molecule has 75 heavy (non-hydrogen) atoms. The number of amides is 2. The molecule has 2 aromatic rings. The number of nitrogens with zero attached hydrogens (tertiary/aromatic N) is 4. The summed E-state index contributed by atoms with van der Waals surface area (Å²) in [6, 6.07) is 9.89. The molecule has 1 spiro atoms. The summed E-state index contributed by atoms with van der Waals surface area (Å²) in [4.78, 5) is 65.8. The Hall–Kier alpha value is -4.90. The van der Waals surface area contributed by atoms with Gasteiger partial charge < -0.3 is 65.1 Å². The molecule has 2 amide bonds. The second kappa shape index (κ2) is 26.0. The molecule has 1 unspecified atom stereocenters. The lowest BCUT2D eigenvalue weighted by atomic mass is 9.78. The molecule has 0 aromatic heterocycles. The molecule has 414 valence electrons. The number of benzene rings is 2. The number of ether oxygens (including phenoxy) is 3. The number of Topliss-reactive ketones (excluding diaryl/α,β-unsaturated/α-hetero) is 1. The first-order valence-electron chi connectivity index (χ1n) is 25.9. The number of phenolic OH excluding ortho intramolecular Hbond substituents is 1. The normalized spacial score (nSPS) is 20.0. The largest absolute Gasteiger partial charge is 0.505 e.